The van der Waals surface area contributed by atoms with Crippen LogP contribution in [0.1, 0.15) is 12.8 Å². The second-order valence-electron chi connectivity index (χ2n) is 4.52. The molecule has 1 aromatic rings. The molecule has 1 aromatic carbocycles. The monoisotopic (exact) mass is 294 g/mol. The molecule has 0 unspecified atom stereocenters. The molecule has 0 spiro atoms. The zero-order chi connectivity index (χ0) is 14.3. The topological polar surface area (TPSA) is 72.2 Å². The van der Waals surface area contributed by atoms with Crippen LogP contribution in [0, 0.1) is 5.92 Å². The van der Waals surface area contributed by atoms with Crippen molar-refractivity contribution in [1.29, 1.82) is 0 Å². The average Bonchev–Trinajstić information content (AvgIpc) is 3.09. The standard InChI is InChI=1S/C11H13F3N2O2S/c12-11(13,14)19(17,18)8-3-4-10(9(15)5-8)16-6-7-1-2-7/h3-5,7,16H,1-2,6,15H2. The van der Waals surface area contributed by atoms with E-state index >= 15 is 0 Å². The fourth-order valence-corrected chi connectivity index (χ4v) is 2.38. The van der Waals surface area contributed by atoms with E-state index in [-0.39, 0.29) is 5.69 Å². The highest BCUT2D eigenvalue weighted by atomic mass is 32.2. The van der Waals surface area contributed by atoms with E-state index in [1.165, 1.54) is 6.07 Å². The zero-order valence-corrected chi connectivity index (χ0v) is 10.7. The minimum atomic E-state index is -5.34. The van der Waals surface area contributed by atoms with Crippen molar-refractivity contribution in [2.24, 2.45) is 5.92 Å². The van der Waals surface area contributed by atoms with Crippen LogP contribution < -0.4 is 11.1 Å². The number of nitrogen functional groups attached to an aromatic ring is 1. The van der Waals surface area contributed by atoms with Crippen molar-refractivity contribution in [3.05, 3.63) is 18.2 Å². The number of halogens is 3. The van der Waals surface area contributed by atoms with Crippen LogP contribution in [0.15, 0.2) is 23.1 Å². The van der Waals surface area contributed by atoms with Crippen LogP contribution >= 0.6 is 0 Å². The number of rotatable bonds is 4. The highest BCUT2D eigenvalue weighted by Crippen LogP contribution is 2.34. The quantitative estimate of drug-likeness (QED) is 0.836. The van der Waals surface area contributed by atoms with Crippen LogP contribution in [0.5, 0.6) is 0 Å². The molecule has 0 amide bonds. The first kappa shape index (κ1) is 14.0. The van der Waals surface area contributed by atoms with Gasteiger partial charge >= 0.3 is 5.51 Å². The van der Waals surface area contributed by atoms with Gasteiger partial charge in [0.15, 0.2) is 0 Å². The largest absolute Gasteiger partial charge is 0.501 e. The fourth-order valence-electron chi connectivity index (χ4n) is 1.58. The number of hydrogen-bond donors (Lipinski definition) is 2. The van der Waals surface area contributed by atoms with E-state index in [1.54, 1.807) is 0 Å². The number of nitrogens with two attached hydrogens (primary N) is 1. The van der Waals surface area contributed by atoms with E-state index in [4.69, 9.17) is 5.73 Å². The summed E-state index contributed by atoms with van der Waals surface area (Å²) in [4.78, 5) is -0.838. The molecule has 1 aliphatic carbocycles. The van der Waals surface area contributed by atoms with Gasteiger partial charge in [0.1, 0.15) is 0 Å². The lowest BCUT2D eigenvalue weighted by Gasteiger charge is -2.12. The van der Waals surface area contributed by atoms with Crippen LogP contribution in [0.2, 0.25) is 0 Å². The molecule has 0 saturated heterocycles. The number of sulfone groups is 1. The molecule has 106 valence electrons. The molecule has 0 bridgehead atoms. The summed E-state index contributed by atoms with van der Waals surface area (Å²) in [6, 6.07) is 3.00. The van der Waals surface area contributed by atoms with Gasteiger partial charge in [0, 0.05) is 6.54 Å². The van der Waals surface area contributed by atoms with Gasteiger partial charge in [-0.25, -0.2) is 8.42 Å². The third-order valence-electron chi connectivity index (χ3n) is 2.92. The number of anilines is 2. The Morgan fingerprint density at radius 1 is 1.32 bits per heavy atom. The highest BCUT2D eigenvalue weighted by Gasteiger charge is 2.46. The summed E-state index contributed by atoms with van der Waals surface area (Å²) in [5.74, 6) is 0.568. The molecule has 0 aromatic heterocycles. The summed E-state index contributed by atoms with van der Waals surface area (Å²) in [6.07, 6.45) is 2.24. The van der Waals surface area contributed by atoms with E-state index in [9.17, 15) is 21.6 Å². The minimum absolute atomic E-state index is 0.00836. The van der Waals surface area contributed by atoms with Crippen LogP contribution in [0.3, 0.4) is 0 Å². The van der Waals surface area contributed by atoms with Crippen molar-refractivity contribution >= 4 is 21.2 Å². The first-order valence-corrected chi connectivity index (χ1v) is 7.15. The van der Waals surface area contributed by atoms with Crippen LogP contribution in [0.4, 0.5) is 24.5 Å². The summed E-state index contributed by atoms with van der Waals surface area (Å²) >= 11 is 0. The van der Waals surface area contributed by atoms with Gasteiger partial charge in [-0.3, -0.25) is 0 Å². The summed E-state index contributed by atoms with van der Waals surface area (Å²) in [6.45, 7) is 0.690. The maximum absolute atomic E-state index is 12.4. The van der Waals surface area contributed by atoms with E-state index in [2.05, 4.69) is 5.32 Å². The normalized spacial score (nSPS) is 16.4. The van der Waals surface area contributed by atoms with E-state index < -0.39 is 20.2 Å². The van der Waals surface area contributed by atoms with Gasteiger partial charge in [-0.2, -0.15) is 13.2 Å². The lowest BCUT2D eigenvalue weighted by atomic mass is 10.2. The first-order valence-electron chi connectivity index (χ1n) is 5.66. The Hall–Kier alpha value is -1.44. The maximum Gasteiger partial charge on any atom is 0.501 e. The Labute approximate surface area is 108 Å². The van der Waals surface area contributed by atoms with Crippen LogP contribution in [-0.2, 0) is 9.84 Å². The Balaban J connectivity index is 2.22. The van der Waals surface area contributed by atoms with Gasteiger partial charge in [-0.1, -0.05) is 0 Å². The summed E-state index contributed by atoms with van der Waals surface area (Å²) in [5.41, 5.74) is 0.700. The Kier molecular flexibility index (Phi) is 3.38. The summed E-state index contributed by atoms with van der Waals surface area (Å²) in [5, 5.41) is 2.99. The third-order valence-corrected chi connectivity index (χ3v) is 4.40. The van der Waals surface area contributed by atoms with Crippen LogP contribution in [-0.4, -0.2) is 20.5 Å². The maximum atomic E-state index is 12.4. The predicted molar refractivity (Wildman–Crippen MR) is 65.3 cm³/mol. The van der Waals surface area contributed by atoms with Gasteiger partial charge in [0.25, 0.3) is 9.84 Å². The lowest BCUT2D eigenvalue weighted by Crippen LogP contribution is -2.23. The molecule has 1 saturated carbocycles. The third kappa shape index (κ3) is 2.94. The fraction of sp³-hybridized carbons (Fsp3) is 0.455. The Morgan fingerprint density at radius 2 is 1.95 bits per heavy atom. The van der Waals surface area contributed by atoms with Gasteiger partial charge in [0.2, 0.25) is 0 Å². The number of alkyl halides is 3. The number of benzene rings is 1. The van der Waals surface area contributed by atoms with Crippen molar-refractivity contribution < 1.29 is 21.6 Å². The predicted octanol–water partition coefficient (Wildman–Crippen LogP) is 2.38. The highest BCUT2D eigenvalue weighted by molar-refractivity contribution is 7.92. The Bertz CT molecular complexity index is 580. The molecule has 8 heteroatoms. The van der Waals surface area contributed by atoms with Crippen molar-refractivity contribution in [3.8, 4) is 0 Å². The molecule has 0 radical (unpaired) electrons. The van der Waals surface area contributed by atoms with E-state index in [0.29, 0.717) is 18.2 Å². The summed E-state index contributed by atoms with van der Waals surface area (Å²) in [7, 11) is -5.34. The second-order valence-corrected chi connectivity index (χ2v) is 6.46. The molecule has 0 heterocycles. The average molecular weight is 294 g/mol. The minimum Gasteiger partial charge on any atom is -0.397 e. The van der Waals surface area contributed by atoms with Crippen molar-refractivity contribution in [1.82, 2.24) is 0 Å². The zero-order valence-electron chi connectivity index (χ0n) is 9.87. The molecule has 0 aliphatic heterocycles. The van der Waals surface area contributed by atoms with E-state index in [0.717, 1.165) is 25.0 Å². The van der Waals surface area contributed by atoms with Crippen molar-refractivity contribution in [2.75, 3.05) is 17.6 Å². The molecule has 2 rings (SSSR count). The van der Waals surface area contributed by atoms with Crippen molar-refractivity contribution in [2.45, 2.75) is 23.2 Å². The van der Waals surface area contributed by atoms with Gasteiger partial charge in [-0.15, -0.1) is 0 Å². The SMILES string of the molecule is Nc1cc(S(=O)(=O)C(F)(F)F)ccc1NCC1CC1. The molecule has 4 nitrogen and oxygen atoms in total. The first-order chi connectivity index (χ1) is 8.72. The van der Waals surface area contributed by atoms with Gasteiger partial charge in [0.05, 0.1) is 16.3 Å². The summed E-state index contributed by atoms with van der Waals surface area (Å²) < 4.78 is 59.5. The van der Waals surface area contributed by atoms with Crippen LogP contribution in [0.25, 0.3) is 0 Å². The molecule has 19 heavy (non-hydrogen) atoms. The number of nitrogens with one attached hydrogen (secondary N) is 1. The Morgan fingerprint density at radius 3 is 2.42 bits per heavy atom. The van der Waals surface area contributed by atoms with Gasteiger partial charge in [-0.05, 0) is 37.0 Å². The molecular formula is C11H13F3N2O2S. The number of hydrogen-bond acceptors (Lipinski definition) is 4. The van der Waals surface area contributed by atoms with Gasteiger partial charge < -0.3 is 11.1 Å². The lowest BCUT2D eigenvalue weighted by molar-refractivity contribution is -0.0435. The van der Waals surface area contributed by atoms with Crippen molar-refractivity contribution in [3.63, 3.8) is 0 Å². The molecular weight excluding hydrogens is 281 g/mol. The molecule has 1 aliphatic rings. The molecule has 0 atom stereocenters. The molecule has 1 fully saturated rings. The second kappa shape index (κ2) is 4.59. The van der Waals surface area contributed by atoms with E-state index in [1.807, 2.05) is 0 Å². The smallest absolute Gasteiger partial charge is 0.397 e. The molecule has 3 N–H and O–H groups in total.